The normalized spacial score (nSPS) is 24.7. The van der Waals surface area contributed by atoms with Crippen molar-refractivity contribution in [3.8, 4) is 0 Å². The topological polar surface area (TPSA) is 260 Å². The predicted octanol–water partition coefficient (Wildman–Crippen LogP) is 1.87. The lowest BCUT2D eigenvalue weighted by Crippen LogP contribution is -2.44. The Morgan fingerprint density at radius 2 is 1.64 bits per heavy atom. The van der Waals surface area contributed by atoms with Crippen LogP contribution in [-0.2, 0) is 50.6 Å². The average Bonchev–Trinajstić information content (AvgIpc) is 3.49. The summed E-state index contributed by atoms with van der Waals surface area (Å²) in [5.74, 6) is -1.92. The van der Waals surface area contributed by atoms with Gasteiger partial charge in [0.05, 0.1) is 66.7 Å². The lowest BCUT2D eigenvalue weighted by Gasteiger charge is -2.39. The molecule has 1 saturated carbocycles. The van der Waals surface area contributed by atoms with E-state index in [4.69, 9.17) is 0 Å². The molecular weight excluding hydrogens is 801 g/mol. The third kappa shape index (κ3) is 8.37. The molecule has 0 radical (unpaired) electrons. The molecular formula is C35H39N2O14S4-3. The number of aliphatic hydroxyl groups excluding tert-OH is 2. The minimum Gasteiger partial charge on any atom is -0.748 e. The third-order valence-corrected chi connectivity index (χ3v) is 13.9. The van der Waals surface area contributed by atoms with E-state index in [0.717, 1.165) is 22.8 Å². The van der Waals surface area contributed by atoms with Crippen molar-refractivity contribution >= 4 is 59.5 Å². The quantitative estimate of drug-likeness (QED) is 0.0905. The second-order valence-corrected chi connectivity index (χ2v) is 19.6. The summed E-state index contributed by atoms with van der Waals surface area (Å²) in [6.07, 6.45) is 7.54. The van der Waals surface area contributed by atoms with Crippen molar-refractivity contribution in [2.45, 2.75) is 85.1 Å². The second kappa shape index (κ2) is 15.4. The standard InChI is InChI=1S/C35H42N2O14S4/c1-34-14-4-8-22(32(34)36(18-25(39)21-54(44,45)46)30-13-11-27(17-29(30)34)55(47,48)49)6-3-7-23-9-5-15-35(2)28-16-26(52-51-50-40)10-12-31(28)37(33(23)35)24(19-38)20-53(41,42)43/h3,6-7,10-13,16-17,24-25,38-39H,4-5,8-9,14-15,18-21H2,1-2H3,(H3-,40,41,42,43,44,45,46,47,48,49)/p-3. The lowest BCUT2D eigenvalue weighted by molar-refractivity contribution is -0.777. The Morgan fingerprint density at radius 1 is 0.945 bits per heavy atom. The van der Waals surface area contributed by atoms with Crippen LogP contribution < -0.4 is 10.2 Å². The minimum absolute atomic E-state index is 0.303. The molecule has 0 bridgehead atoms. The zero-order valence-electron chi connectivity index (χ0n) is 29.7. The first kappa shape index (κ1) is 41.6. The Labute approximate surface area is 323 Å². The lowest BCUT2D eigenvalue weighted by atomic mass is 9.68. The zero-order valence-corrected chi connectivity index (χ0v) is 33.0. The van der Waals surface area contributed by atoms with Crippen LogP contribution in [0.15, 0.2) is 81.3 Å². The van der Waals surface area contributed by atoms with Gasteiger partial charge in [-0.15, -0.1) is 0 Å². The van der Waals surface area contributed by atoms with Crippen molar-refractivity contribution in [3.63, 3.8) is 0 Å². The van der Waals surface area contributed by atoms with Crippen molar-refractivity contribution in [2.24, 2.45) is 0 Å². The number of allylic oxidation sites excluding steroid dienone is 6. The molecule has 6 rings (SSSR count). The molecule has 0 aromatic heterocycles. The molecule has 55 heavy (non-hydrogen) atoms. The minimum atomic E-state index is -4.83. The van der Waals surface area contributed by atoms with E-state index in [1.165, 1.54) is 12.1 Å². The maximum Gasteiger partial charge on any atom is 0.209 e. The van der Waals surface area contributed by atoms with Gasteiger partial charge < -0.3 is 34.0 Å². The van der Waals surface area contributed by atoms with Gasteiger partial charge >= 0.3 is 0 Å². The van der Waals surface area contributed by atoms with Crippen LogP contribution in [0.25, 0.3) is 0 Å². The van der Waals surface area contributed by atoms with Crippen LogP contribution in [-0.4, -0.2) is 96.2 Å². The summed E-state index contributed by atoms with van der Waals surface area (Å²) in [7, 11) is -14.4. The van der Waals surface area contributed by atoms with Crippen molar-refractivity contribution in [1.29, 1.82) is 0 Å². The second-order valence-electron chi connectivity index (χ2n) is 14.6. The van der Waals surface area contributed by atoms with Gasteiger partial charge in [-0.25, -0.2) is 25.3 Å². The van der Waals surface area contributed by atoms with Gasteiger partial charge in [0.2, 0.25) is 5.69 Å². The van der Waals surface area contributed by atoms with E-state index in [1.807, 2.05) is 26.0 Å². The van der Waals surface area contributed by atoms with Gasteiger partial charge in [-0.1, -0.05) is 18.2 Å². The Kier molecular flexibility index (Phi) is 11.7. The van der Waals surface area contributed by atoms with Gasteiger partial charge in [0.1, 0.15) is 16.2 Å². The highest BCUT2D eigenvalue weighted by Gasteiger charge is 2.53. The van der Waals surface area contributed by atoms with Crippen LogP contribution >= 0.6 is 12.0 Å². The zero-order chi connectivity index (χ0) is 40.1. The summed E-state index contributed by atoms with van der Waals surface area (Å²) in [5, 5.41) is 35.2. The van der Waals surface area contributed by atoms with Crippen molar-refractivity contribution < 1.29 is 68.3 Å². The fraction of sp³-hybridized carbons (Fsp3) is 0.457. The van der Waals surface area contributed by atoms with Crippen LogP contribution in [0, 0.1) is 0 Å². The smallest absolute Gasteiger partial charge is 0.209 e. The molecule has 20 heteroatoms. The molecule has 300 valence electrons. The number of anilines is 1. The van der Waals surface area contributed by atoms with Crippen LogP contribution in [0.4, 0.5) is 11.4 Å². The number of benzene rings is 2. The first-order chi connectivity index (χ1) is 25.7. The van der Waals surface area contributed by atoms with Gasteiger partial charge in [-0.05, 0) is 93.8 Å². The number of fused-ring (bicyclic) bond motifs is 6. The van der Waals surface area contributed by atoms with Crippen LogP contribution in [0.2, 0.25) is 0 Å². The molecule has 2 aliphatic carbocycles. The number of nitrogens with zero attached hydrogens (tertiary/aromatic N) is 2. The first-order valence-electron chi connectivity index (χ1n) is 17.3. The molecule has 4 atom stereocenters. The molecule has 16 nitrogen and oxygen atoms in total. The van der Waals surface area contributed by atoms with E-state index < -0.39 is 76.3 Å². The molecule has 1 fully saturated rings. The third-order valence-electron chi connectivity index (χ3n) is 10.9. The summed E-state index contributed by atoms with van der Waals surface area (Å²) < 4.78 is 113. The largest absolute Gasteiger partial charge is 0.748 e. The van der Waals surface area contributed by atoms with Crippen molar-refractivity contribution in [2.75, 3.05) is 29.6 Å². The summed E-state index contributed by atoms with van der Waals surface area (Å²) in [4.78, 5) is 1.79. The molecule has 0 saturated heterocycles. The average molecular weight is 840 g/mol. The molecule has 2 N–H and O–H groups in total. The van der Waals surface area contributed by atoms with Crippen molar-refractivity contribution in [1.82, 2.24) is 0 Å². The summed E-state index contributed by atoms with van der Waals surface area (Å²) >= 11 is 0.692. The van der Waals surface area contributed by atoms with Crippen molar-refractivity contribution in [3.05, 3.63) is 82.6 Å². The van der Waals surface area contributed by atoms with Gasteiger partial charge in [0, 0.05) is 38.9 Å². The Morgan fingerprint density at radius 3 is 2.29 bits per heavy atom. The van der Waals surface area contributed by atoms with Crippen LogP contribution in [0.3, 0.4) is 0 Å². The number of β-amino-alcohol motifs (C(OH)–C–C–N with tert-alkyl or cyclic N) is 1. The molecule has 2 aromatic rings. The van der Waals surface area contributed by atoms with E-state index in [2.05, 4.69) is 9.37 Å². The Bertz CT molecular complexity index is 2340. The SMILES string of the molecule is CC12CCCC(/C=C/C=C3\CCCC4(C)C3=[N+](CC(O)CS(=O)(=O)[O-])c3ccc(S(=O)(=O)[O-])cc34)=C1N(C(CO)CS(=O)(=O)[O-])c1ccc(SOO[O-])cc12. The first-order valence-corrected chi connectivity index (χ1v) is 22.6. The molecule has 2 heterocycles. The molecule has 2 aromatic carbocycles. The Hall–Kier alpha value is -2.99. The fourth-order valence-corrected chi connectivity index (χ4v) is 11.0. The highest BCUT2D eigenvalue weighted by molar-refractivity contribution is 7.94. The monoisotopic (exact) mass is 839 g/mol. The molecule has 0 spiro atoms. The van der Waals surface area contributed by atoms with E-state index in [1.54, 1.807) is 33.8 Å². The molecule has 0 amide bonds. The van der Waals surface area contributed by atoms with E-state index >= 15 is 0 Å². The summed E-state index contributed by atoms with van der Waals surface area (Å²) in [6.45, 7) is 2.90. The maximum atomic E-state index is 12.0. The fourth-order valence-electron chi connectivity index (χ4n) is 8.84. The number of rotatable bonds is 14. The highest BCUT2D eigenvalue weighted by Crippen LogP contribution is 2.56. The van der Waals surface area contributed by atoms with Gasteiger partial charge in [-0.2, -0.15) is 8.91 Å². The number of hydrogen-bond acceptors (Lipinski definition) is 16. The van der Waals surface area contributed by atoms with Crippen LogP contribution in [0.5, 0.6) is 0 Å². The molecule has 4 aliphatic rings. The van der Waals surface area contributed by atoms with Gasteiger partial charge in [-0.3, -0.25) is 5.04 Å². The maximum absolute atomic E-state index is 12.0. The van der Waals surface area contributed by atoms with E-state index in [0.29, 0.717) is 83.8 Å². The number of aliphatic hydroxyl groups is 2. The number of hydrogen-bond donors (Lipinski definition) is 2. The summed E-state index contributed by atoms with van der Waals surface area (Å²) in [6, 6.07) is 7.90. The van der Waals surface area contributed by atoms with Gasteiger partial charge in [0.15, 0.2) is 12.3 Å². The van der Waals surface area contributed by atoms with E-state index in [9.17, 15) is 54.4 Å². The van der Waals surface area contributed by atoms with Gasteiger partial charge in [0.25, 0.3) is 0 Å². The Balaban J connectivity index is 1.47. The van der Waals surface area contributed by atoms with E-state index in [-0.39, 0.29) is 6.54 Å². The molecule has 4 unspecified atom stereocenters. The van der Waals surface area contributed by atoms with Crippen LogP contribution in [0.1, 0.15) is 63.5 Å². The predicted molar refractivity (Wildman–Crippen MR) is 194 cm³/mol. The summed E-state index contributed by atoms with van der Waals surface area (Å²) in [5.41, 5.74) is 3.66. The highest BCUT2D eigenvalue weighted by atomic mass is 32.2. The molecule has 2 aliphatic heterocycles.